The van der Waals surface area contributed by atoms with Gasteiger partial charge in [-0.1, -0.05) is 0 Å². The largest absolute Gasteiger partial charge is 0.469 e. The molecule has 0 bridgehead atoms. The van der Waals surface area contributed by atoms with E-state index in [9.17, 15) is 9.59 Å². The van der Waals surface area contributed by atoms with Crippen LogP contribution in [0.4, 0.5) is 0 Å². The molecule has 0 spiro atoms. The molecule has 0 saturated carbocycles. The molecule has 0 radical (unpaired) electrons. The van der Waals surface area contributed by atoms with E-state index in [2.05, 4.69) is 4.74 Å². The maximum Gasteiger partial charge on any atom is 0.313 e. The monoisotopic (exact) mass is 322 g/mol. The molecule has 0 aliphatic rings. The van der Waals surface area contributed by atoms with Crippen molar-refractivity contribution in [2.75, 3.05) is 20.3 Å². The Labute approximate surface area is 103 Å². The quantitative estimate of drug-likeness (QED) is 0.404. The average Bonchev–Trinajstić information content (AvgIpc) is 2.18. The fourth-order valence-corrected chi connectivity index (χ4v) is 1.79. The van der Waals surface area contributed by atoms with Gasteiger partial charge in [0.1, 0.15) is 12.2 Å². The number of rotatable bonds is 6. The zero-order chi connectivity index (χ0) is 12.1. The van der Waals surface area contributed by atoms with Crippen LogP contribution in [0.15, 0.2) is 0 Å². The number of Topliss-reactive ketones (excluding diaryl/α,β-unsaturated/α-hetero) is 1. The Hall–Kier alpha value is -0.0699. The van der Waals surface area contributed by atoms with Gasteiger partial charge in [0.05, 0.1) is 7.11 Å². The Kier molecular flexibility index (Phi) is 16.1. The summed E-state index contributed by atoms with van der Waals surface area (Å²) in [6.45, 7) is 6.99. The van der Waals surface area contributed by atoms with Crippen LogP contribution in [-0.2, 0) is 20.0 Å². The van der Waals surface area contributed by atoms with Crippen LogP contribution >= 0.6 is 0 Å². The molecule has 0 aromatic heterocycles. The SMILES string of the molecule is CC[O][InH][O]CC.COC(=O)CC(C)=O. The van der Waals surface area contributed by atoms with Gasteiger partial charge in [-0.25, -0.2) is 0 Å². The number of hydrogen-bond acceptors (Lipinski definition) is 5. The maximum absolute atomic E-state index is 10.2. The van der Waals surface area contributed by atoms with Crippen molar-refractivity contribution in [1.82, 2.24) is 0 Å². The van der Waals surface area contributed by atoms with Gasteiger partial charge in [-0.15, -0.1) is 0 Å². The van der Waals surface area contributed by atoms with E-state index in [1.165, 1.54) is 14.0 Å². The van der Waals surface area contributed by atoms with Crippen LogP contribution in [0.2, 0.25) is 0 Å². The Bertz CT molecular complexity index is 168. The van der Waals surface area contributed by atoms with Crippen LogP contribution in [0.5, 0.6) is 0 Å². The second-order valence-electron chi connectivity index (χ2n) is 2.56. The minimum absolute atomic E-state index is 0.115. The summed E-state index contributed by atoms with van der Waals surface area (Å²) in [6.07, 6.45) is -0.115. The van der Waals surface area contributed by atoms with E-state index >= 15 is 0 Å². The number of methoxy groups -OCH3 is 1. The zero-order valence-electron chi connectivity index (χ0n) is 9.87. The van der Waals surface area contributed by atoms with E-state index in [-0.39, 0.29) is 12.2 Å². The summed E-state index contributed by atoms with van der Waals surface area (Å²) in [7, 11) is 1.26. The molecular weight excluding hydrogens is 303 g/mol. The topological polar surface area (TPSA) is 61.8 Å². The average molecular weight is 322 g/mol. The maximum atomic E-state index is 10.2. The number of carbonyl (C=O) groups is 2. The van der Waals surface area contributed by atoms with Crippen LogP contribution < -0.4 is 0 Å². The predicted octanol–water partition coefficient (Wildman–Crippen LogP) is 0.464. The second-order valence-corrected chi connectivity index (χ2v) is 5.56. The normalized spacial score (nSPS) is 8.53. The minimum atomic E-state index is -1.11. The number of ketones is 1. The zero-order valence-corrected chi connectivity index (χ0v) is 13.9. The molecule has 15 heavy (non-hydrogen) atoms. The first-order valence-electron chi connectivity index (χ1n) is 4.80. The van der Waals surface area contributed by atoms with Gasteiger partial charge >= 0.3 is 62.5 Å². The predicted molar refractivity (Wildman–Crippen MR) is 57.7 cm³/mol. The number of hydrogen-bond donors (Lipinski definition) is 0. The van der Waals surface area contributed by atoms with Crippen LogP contribution in [-0.4, -0.2) is 55.9 Å². The molecule has 0 fully saturated rings. The summed E-state index contributed by atoms with van der Waals surface area (Å²) in [6, 6.07) is 0. The van der Waals surface area contributed by atoms with E-state index in [1.54, 1.807) is 0 Å². The third-order valence-corrected chi connectivity index (χ3v) is 4.48. The van der Waals surface area contributed by atoms with Gasteiger partial charge in [-0.3, -0.25) is 9.59 Å². The molecule has 0 heterocycles. The molecule has 0 saturated heterocycles. The summed E-state index contributed by atoms with van der Waals surface area (Å²) < 4.78 is 14.3. The Morgan fingerprint density at radius 3 is 1.80 bits per heavy atom. The van der Waals surface area contributed by atoms with Crippen molar-refractivity contribution in [3.05, 3.63) is 0 Å². The Morgan fingerprint density at radius 1 is 1.13 bits per heavy atom. The molecule has 0 N–H and O–H groups in total. The summed E-state index contributed by atoms with van der Waals surface area (Å²) in [5, 5.41) is 0. The van der Waals surface area contributed by atoms with Crippen LogP contribution in [0, 0.1) is 0 Å². The van der Waals surface area contributed by atoms with E-state index in [4.69, 9.17) is 5.71 Å². The van der Waals surface area contributed by atoms with Gasteiger partial charge in [0.25, 0.3) is 0 Å². The summed E-state index contributed by atoms with van der Waals surface area (Å²) >= 11 is -1.11. The van der Waals surface area contributed by atoms with Gasteiger partial charge in [-0.05, 0) is 6.92 Å². The van der Waals surface area contributed by atoms with Gasteiger partial charge in [0.2, 0.25) is 0 Å². The van der Waals surface area contributed by atoms with Gasteiger partial charge in [0, 0.05) is 0 Å². The summed E-state index contributed by atoms with van der Waals surface area (Å²) in [4.78, 5) is 20.3. The first-order chi connectivity index (χ1) is 7.08. The Morgan fingerprint density at radius 2 is 1.60 bits per heavy atom. The molecule has 0 aliphatic heterocycles. The van der Waals surface area contributed by atoms with Crippen molar-refractivity contribution < 1.29 is 20.0 Å². The van der Waals surface area contributed by atoms with Crippen molar-refractivity contribution in [3.8, 4) is 0 Å². The fraction of sp³-hybridized carbons (Fsp3) is 0.778. The third kappa shape index (κ3) is 20.1. The smallest absolute Gasteiger partial charge is 0.313 e. The third-order valence-electron chi connectivity index (χ3n) is 1.20. The number of ether oxygens (including phenoxy) is 1. The second kappa shape index (κ2) is 13.9. The van der Waals surface area contributed by atoms with Gasteiger partial charge in [-0.2, -0.15) is 0 Å². The van der Waals surface area contributed by atoms with Crippen molar-refractivity contribution in [2.24, 2.45) is 0 Å². The van der Waals surface area contributed by atoms with Crippen LogP contribution in [0.25, 0.3) is 0 Å². The molecule has 0 aromatic carbocycles. The minimum Gasteiger partial charge on any atom is -0.469 e. The molecule has 0 aromatic rings. The molecule has 5 nitrogen and oxygen atoms in total. The van der Waals surface area contributed by atoms with Gasteiger partial charge < -0.3 is 4.74 Å². The van der Waals surface area contributed by atoms with E-state index in [1.807, 2.05) is 13.8 Å². The van der Waals surface area contributed by atoms with Gasteiger partial charge in [0.15, 0.2) is 0 Å². The molecule has 88 valence electrons. The van der Waals surface area contributed by atoms with Crippen LogP contribution in [0.1, 0.15) is 27.2 Å². The van der Waals surface area contributed by atoms with Crippen molar-refractivity contribution >= 4 is 35.5 Å². The fourth-order valence-electron chi connectivity index (χ4n) is 0.501. The first kappa shape index (κ1) is 17.3. The number of esters is 1. The molecule has 0 aliphatic carbocycles. The molecule has 0 atom stereocenters. The number of carbonyl (C=O) groups excluding carboxylic acids is 2. The van der Waals surface area contributed by atoms with Crippen LogP contribution in [0.3, 0.4) is 0 Å². The standard InChI is InChI=1S/C5H8O3.2C2H5O.In.H/c1-4(6)3-5(7)8-2;2*1-2-3;;/h3H2,1-2H3;2*2H2,1H3;;/q;2*-1;+2;. The Balaban J connectivity index is 0. The molecule has 0 rings (SSSR count). The molecule has 0 unspecified atom stereocenters. The molecule has 6 heteroatoms. The summed E-state index contributed by atoms with van der Waals surface area (Å²) in [5.74, 6) is -0.644. The van der Waals surface area contributed by atoms with Crippen molar-refractivity contribution in [2.45, 2.75) is 27.2 Å². The summed E-state index contributed by atoms with van der Waals surface area (Å²) in [5.41, 5.74) is 0. The van der Waals surface area contributed by atoms with E-state index in [0.29, 0.717) is 0 Å². The van der Waals surface area contributed by atoms with E-state index in [0.717, 1.165) is 13.2 Å². The molecular formula is C9H19InO5. The first-order valence-corrected chi connectivity index (χ1v) is 8.09. The van der Waals surface area contributed by atoms with Crippen molar-refractivity contribution in [1.29, 1.82) is 0 Å². The molecule has 0 amide bonds. The van der Waals surface area contributed by atoms with E-state index < -0.39 is 29.7 Å². The van der Waals surface area contributed by atoms with Crippen molar-refractivity contribution in [3.63, 3.8) is 0 Å².